The minimum Gasteiger partial charge on any atom is -0.493 e. The fourth-order valence-electron chi connectivity index (χ4n) is 3.04. The van der Waals surface area contributed by atoms with Crippen LogP contribution in [0, 0.1) is 6.92 Å². The lowest BCUT2D eigenvalue weighted by Gasteiger charge is -2.14. The van der Waals surface area contributed by atoms with Crippen molar-refractivity contribution in [3.05, 3.63) is 40.9 Å². The zero-order valence-electron chi connectivity index (χ0n) is 18.2. The molecule has 0 aliphatic heterocycles. The Morgan fingerprint density at radius 2 is 1.45 bits per heavy atom. The normalized spacial score (nSPS) is 10.4. The summed E-state index contributed by atoms with van der Waals surface area (Å²) in [5.74, 6) is 2.29. The van der Waals surface area contributed by atoms with Gasteiger partial charge in [0, 0.05) is 23.4 Å². The van der Waals surface area contributed by atoms with Crippen LogP contribution >= 0.6 is 11.3 Å². The molecule has 2 aromatic carbocycles. The lowest BCUT2D eigenvalue weighted by molar-refractivity contribution is 0.103. The lowest BCUT2D eigenvalue weighted by atomic mass is 10.2. The Kier molecular flexibility index (Phi) is 6.86. The van der Waals surface area contributed by atoms with Crippen molar-refractivity contribution in [1.29, 1.82) is 0 Å². The van der Waals surface area contributed by atoms with Crippen molar-refractivity contribution < 1.29 is 28.5 Å². The molecule has 0 aliphatic rings. The van der Waals surface area contributed by atoms with E-state index in [0.29, 0.717) is 50.0 Å². The Morgan fingerprint density at radius 1 is 0.839 bits per heavy atom. The Morgan fingerprint density at radius 3 is 2.00 bits per heavy atom. The van der Waals surface area contributed by atoms with Crippen LogP contribution in [0.4, 0.5) is 5.69 Å². The highest BCUT2D eigenvalue weighted by atomic mass is 32.1. The van der Waals surface area contributed by atoms with Crippen LogP contribution in [0.25, 0.3) is 10.6 Å². The Bertz CT molecular complexity index is 1070. The van der Waals surface area contributed by atoms with Gasteiger partial charge in [-0.3, -0.25) is 4.79 Å². The van der Waals surface area contributed by atoms with Crippen LogP contribution in [-0.4, -0.2) is 46.4 Å². The molecule has 164 valence electrons. The highest BCUT2D eigenvalue weighted by molar-refractivity contribution is 7.17. The van der Waals surface area contributed by atoms with Gasteiger partial charge in [0.15, 0.2) is 23.0 Å². The molecule has 0 saturated heterocycles. The molecule has 9 heteroatoms. The smallest absolute Gasteiger partial charge is 0.267 e. The molecular weight excluding hydrogens is 420 g/mol. The van der Waals surface area contributed by atoms with Crippen LogP contribution in [0.5, 0.6) is 28.7 Å². The minimum atomic E-state index is -0.281. The van der Waals surface area contributed by atoms with Crippen molar-refractivity contribution in [2.75, 3.05) is 40.9 Å². The number of benzene rings is 2. The number of carbonyl (C=O) groups is 1. The Balaban J connectivity index is 1.90. The molecule has 0 fully saturated rings. The molecule has 3 aromatic rings. The summed E-state index contributed by atoms with van der Waals surface area (Å²) in [6.45, 7) is 1.80. The van der Waals surface area contributed by atoms with E-state index in [9.17, 15) is 4.79 Å². The lowest BCUT2D eigenvalue weighted by Crippen LogP contribution is -2.12. The van der Waals surface area contributed by atoms with Crippen LogP contribution in [0.1, 0.15) is 15.4 Å². The van der Waals surface area contributed by atoms with Crippen LogP contribution < -0.4 is 29.0 Å². The topological polar surface area (TPSA) is 88.1 Å². The summed E-state index contributed by atoms with van der Waals surface area (Å²) in [5.41, 5.74) is 1.97. The Labute approximate surface area is 184 Å². The number of nitrogens with one attached hydrogen (secondary N) is 1. The highest BCUT2D eigenvalue weighted by Crippen LogP contribution is 2.40. The second-order valence-corrected chi connectivity index (χ2v) is 7.37. The van der Waals surface area contributed by atoms with E-state index in [1.54, 1.807) is 39.3 Å². The van der Waals surface area contributed by atoms with Crippen LogP contribution in [0.2, 0.25) is 0 Å². The average molecular weight is 445 g/mol. The molecule has 1 N–H and O–H groups in total. The first-order valence-electron chi connectivity index (χ1n) is 9.26. The number of nitrogens with zero attached hydrogens (tertiary/aromatic N) is 1. The number of thiazole rings is 1. The van der Waals surface area contributed by atoms with Gasteiger partial charge in [0.1, 0.15) is 9.88 Å². The number of ether oxygens (including phenoxy) is 5. The third-order valence-electron chi connectivity index (χ3n) is 4.56. The van der Waals surface area contributed by atoms with Crippen molar-refractivity contribution in [2.24, 2.45) is 0 Å². The van der Waals surface area contributed by atoms with Crippen molar-refractivity contribution in [2.45, 2.75) is 6.92 Å². The number of anilines is 1. The van der Waals surface area contributed by atoms with Gasteiger partial charge in [-0.25, -0.2) is 4.98 Å². The second-order valence-electron chi connectivity index (χ2n) is 6.37. The van der Waals surface area contributed by atoms with Crippen LogP contribution in [-0.2, 0) is 0 Å². The van der Waals surface area contributed by atoms with Gasteiger partial charge < -0.3 is 29.0 Å². The zero-order valence-corrected chi connectivity index (χ0v) is 19.0. The molecule has 0 radical (unpaired) electrons. The molecule has 1 aromatic heterocycles. The maximum atomic E-state index is 13.0. The van der Waals surface area contributed by atoms with Gasteiger partial charge in [0.25, 0.3) is 5.91 Å². The summed E-state index contributed by atoms with van der Waals surface area (Å²) in [5, 5.41) is 3.58. The SMILES string of the molecule is COc1ccc(-c2nc(C)c(C(=O)Nc3cc(OC)c(OC)c(OC)c3)s2)cc1OC. The van der Waals surface area contributed by atoms with Gasteiger partial charge in [-0.1, -0.05) is 0 Å². The first-order valence-corrected chi connectivity index (χ1v) is 10.1. The number of aryl methyl sites for hydroxylation is 1. The predicted molar refractivity (Wildman–Crippen MR) is 119 cm³/mol. The number of methoxy groups -OCH3 is 5. The summed E-state index contributed by atoms with van der Waals surface area (Å²) in [7, 11) is 7.72. The van der Waals surface area contributed by atoms with Gasteiger partial charge in [-0.2, -0.15) is 0 Å². The van der Waals surface area contributed by atoms with Crippen LogP contribution in [0.15, 0.2) is 30.3 Å². The number of amides is 1. The van der Waals surface area contributed by atoms with Gasteiger partial charge in [-0.05, 0) is 25.1 Å². The van der Waals surface area contributed by atoms with Crippen LogP contribution in [0.3, 0.4) is 0 Å². The molecule has 1 amide bonds. The maximum Gasteiger partial charge on any atom is 0.267 e. The monoisotopic (exact) mass is 444 g/mol. The third kappa shape index (κ3) is 4.51. The third-order valence-corrected chi connectivity index (χ3v) is 5.76. The molecule has 0 spiro atoms. The summed E-state index contributed by atoms with van der Waals surface area (Å²) in [4.78, 5) is 18.0. The van der Waals surface area contributed by atoms with E-state index in [2.05, 4.69) is 10.3 Å². The first kappa shape index (κ1) is 22.2. The van der Waals surface area contributed by atoms with Gasteiger partial charge >= 0.3 is 0 Å². The largest absolute Gasteiger partial charge is 0.493 e. The van der Waals surface area contributed by atoms with Gasteiger partial charge in [-0.15, -0.1) is 11.3 Å². The molecule has 0 aliphatic carbocycles. The van der Waals surface area contributed by atoms with E-state index in [4.69, 9.17) is 23.7 Å². The molecule has 0 atom stereocenters. The summed E-state index contributed by atoms with van der Waals surface area (Å²) >= 11 is 1.29. The van der Waals surface area contributed by atoms with Gasteiger partial charge in [0.05, 0.1) is 41.2 Å². The first-order chi connectivity index (χ1) is 14.9. The minimum absolute atomic E-state index is 0.281. The van der Waals surface area contributed by atoms with E-state index >= 15 is 0 Å². The maximum absolute atomic E-state index is 13.0. The molecule has 0 unspecified atom stereocenters. The molecule has 3 rings (SSSR count). The fraction of sp³-hybridized carbons (Fsp3) is 0.273. The quantitative estimate of drug-likeness (QED) is 0.550. The molecule has 1 heterocycles. The van der Waals surface area contributed by atoms with E-state index in [1.807, 2.05) is 12.1 Å². The standard InChI is InChI=1S/C22H24N2O6S/c1-12-20(31-22(23-12)13-7-8-15(26-2)16(9-13)27-3)21(25)24-14-10-17(28-4)19(30-6)18(11-14)29-5/h7-11H,1-6H3,(H,24,25). The average Bonchev–Trinajstić information content (AvgIpc) is 3.19. The number of carbonyl (C=O) groups excluding carboxylic acids is 1. The van der Waals surface area contributed by atoms with Crippen molar-refractivity contribution in [3.8, 4) is 39.3 Å². The van der Waals surface area contributed by atoms with Crippen molar-refractivity contribution in [1.82, 2.24) is 4.98 Å². The number of hydrogen-bond donors (Lipinski definition) is 1. The zero-order chi connectivity index (χ0) is 22.5. The molecule has 0 saturated carbocycles. The van der Waals surface area contributed by atoms with E-state index < -0.39 is 0 Å². The van der Waals surface area contributed by atoms with Crippen molar-refractivity contribution >= 4 is 22.9 Å². The number of hydrogen-bond acceptors (Lipinski definition) is 8. The fourth-order valence-corrected chi connectivity index (χ4v) is 4.00. The van der Waals surface area contributed by atoms with Crippen molar-refractivity contribution in [3.63, 3.8) is 0 Å². The predicted octanol–water partition coefficient (Wildman–Crippen LogP) is 4.41. The second kappa shape index (κ2) is 9.57. The highest BCUT2D eigenvalue weighted by Gasteiger charge is 2.20. The summed E-state index contributed by atoms with van der Waals surface area (Å²) < 4.78 is 26.7. The molecule has 0 bridgehead atoms. The van der Waals surface area contributed by atoms with E-state index in [0.717, 1.165) is 5.56 Å². The van der Waals surface area contributed by atoms with Gasteiger partial charge in [0.2, 0.25) is 5.75 Å². The molecule has 8 nitrogen and oxygen atoms in total. The number of rotatable bonds is 8. The Hall–Kier alpha value is -3.46. The number of aromatic nitrogens is 1. The van der Waals surface area contributed by atoms with E-state index in [-0.39, 0.29) is 5.91 Å². The summed E-state index contributed by atoms with van der Waals surface area (Å²) in [6, 6.07) is 8.86. The molecule has 31 heavy (non-hydrogen) atoms. The molecular formula is C22H24N2O6S. The van der Waals surface area contributed by atoms with E-state index in [1.165, 1.54) is 32.7 Å². The summed E-state index contributed by atoms with van der Waals surface area (Å²) in [6.07, 6.45) is 0.